The maximum atomic E-state index is 12.3. The lowest BCUT2D eigenvalue weighted by molar-refractivity contribution is -0.149. The number of amides is 3. The Bertz CT molecular complexity index is 909. The molecular formula is C25H31N3O5. The van der Waals surface area contributed by atoms with Gasteiger partial charge in [-0.05, 0) is 69.0 Å². The van der Waals surface area contributed by atoms with Crippen molar-refractivity contribution in [2.24, 2.45) is 5.92 Å². The van der Waals surface area contributed by atoms with E-state index < -0.39 is 0 Å². The first-order valence-electron chi connectivity index (χ1n) is 11.4. The zero-order chi connectivity index (χ0) is 23.5. The molecule has 3 rings (SSSR count). The summed E-state index contributed by atoms with van der Waals surface area (Å²) in [6.07, 6.45) is 3.19. The molecule has 0 unspecified atom stereocenters. The molecule has 1 aliphatic carbocycles. The van der Waals surface area contributed by atoms with E-state index in [9.17, 15) is 14.4 Å². The van der Waals surface area contributed by atoms with Crippen molar-refractivity contribution in [2.45, 2.75) is 38.7 Å². The van der Waals surface area contributed by atoms with E-state index in [0.29, 0.717) is 36.7 Å². The fourth-order valence-corrected chi connectivity index (χ4v) is 3.70. The van der Waals surface area contributed by atoms with Gasteiger partial charge in [-0.25, -0.2) is 4.79 Å². The van der Waals surface area contributed by atoms with E-state index in [1.165, 1.54) is 0 Å². The minimum atomic E-state index is -0.326. The van der Waals surface area contributed by atoms with Crippen LogP contribution in [0.1, 0.15) is 43.0 Å². The smallest absolute Gasteiger partial charge is 0.319 e. The molecular weight excluding hydrogens is 422 g/mol. The second-order valence-corrected chi connectivity index (χ2v) is 7.87. The summed E-state index contributed by atoms with van der Waals surface area (Å²) in [7, 11) is 0. The summed E-state index contributed by atoms with van der Waals surface area (Å²) in [5.41, 5.74) is 1.22. The second kappa shape index (κ2) is 12.5. The van der Waals surface area contributed by atoms with Gasteiger partial charge in [-0.15, -0.1) is 0 Å². The van der Waals surface area contributed by atoms with Crippen molar-refractivity contribution in [3.8, 4) is 5.75 Å². The number of hydrogen-bond donors (Lipinski definition) is 3. The first kappa shape index (κ1) is 24.1. The summed E-state index contributed by atoms with van der Waals surface area (Å²) in [5, 5.41) is 8.19. The minimum Gasteiger partial charge on any atom is -0.490 e. The van der Waals surface area contributed by atoms with E-state index >= 15 is 0 Å². The van der Waals surface area contributed by atoms with Crippen LogP contribution in [0.2, 0.25) is 0 Å². The SMILES string of the molecule is CCOC(=O)C1CCC(Oc2ccc(C(=O)NCCNC(=O)Nc3ccccc3)cc2)CC1. The summed E-state index contributed by atoms with van der Waals surface area (Å²) in [6.45, 7) is 2.84. The topological polar surface area (TPSA) is 106 Å². The zero-order valence-corrected chi connectivity index (χ0v) is 18.8. The number of ether oxygens (including phenoxy) is 2. The molecule has 0 heterocycles. The van der Waals surface area contributed by atoms with E-state index in [1.807, 2.05) is 25.1 Å². The molecule has 3 amide bonds. The Balaban J connectivity index is 1.34. The number of carbonyl (C=O) groups excluding carboxylic acids is 3. The molecule has 8 heteroatoms. The van der Waals surface area contributed by atoms with Crippen LogP contribution in [0.25, 0.3) is 0 Å². The van der Waals surface area contributed by atoms with E-state index in [-0.39, 0.29) is 29.9 Å². The maximum Gasteiger partial charge on any atom is 0.319 e. The summed E-state index contributed by atoms with van der Waals surface area (Å²) in [6, 6.07) is 15.8. The summed E-state index contributed by atoms with van der Waals surface area (Å²) < 4.78 is 11.1. The standard InChI is InChI=1S/C25H31N3O5/c1-2-32-24(30)19-10-14-22(15-11-19)33-21-12-8-18(9-13-21)23(29)26-16-17-27-25(31)28-20-6-4-3-5-7-20/h3-9,12-13,19,22H,2,10-11,14-17H2,1H3,(H,26,29)(H2,27,28,31). The number of rotatable bonds is 9. The summed E-state index contributed by atoms with van der Waals surface area (Å²) in [4.78, 5) is 36.0. The van der Waals surface area contributed by atoms with Gasteiger partial charge in [0.2, 0.25) is 0 Å². The molecule has 2 aromatic carbocycles. The van der Waals surface area contributed by atoms with Crippen LogP contribution >= 0.6 is 0 Å². The van der Waals surface area contributed by atoms with Crippen molar-refractivity contribution in [3.63, 3.8) is 0 Å². The zero-order valence-electron chi connectivity index (χ0n) is 18.8. The predicted octanol–water partition coefficient (Wildman–Crippen LogP) is 3.74. The summed E-state index contributed by atoms with van der Waals surface area (Å²) in [5.74, 6) is 0.334. The van der Waals surface area contributed by atoms with Crippen LogP contribution in [0.4, 0.5) is 10.5 Å². The maximum absolute atomic E-state index is 12.3. The third-order valence-corrected chi connectivity index (χ3v) is 5.44. The highest BCUT2D eigenvalue weighted by molar-refractivity contribution is 5.94. The van der Waals surface area contributed by atoms with Gasteiger partial charge >= 0.3 is 12.0 Å². The van der Waals surface area contributed by atoms with E-state index in [4.69, 9.17) is 9.47 Å². The van der Waals surface area contributed by atoms with E-state index in [1.54, 1.807) is 36.4 Å². The molecule has 1 aliphatic rings. The third kappa shape index (κ3) is 7.82. The van der Waals surface area contributed by atoms with Crippen LogP contribution < -0.4 is 20.7 Å². The van der Waals surface area contributed by atoms with Gasteiger partial charge in [0.15, 0.2) is 0 Å². The van der Waals surface area contributed by atoms with E-state index in [0.717, 1.165) is 25.7 Å². The molecule has 8 nitrogen and oxygen atoms in total. The van der Waals surface area contributed by atoms with Crippen molar-refractivity contribution in [1.29, 1.82) is 0 Å². The number of carbonyl (C=O) groups is 3. The number of para-hydroxylation sites is 1. The molecule has 2 aromatic rings. The van der Waals surface area contributed by atoms with Crippen molar-refractivity contribution >= 4 is 23.6 Å². The second-order valence-electron chi connectivity index (χ2n) is 7.87. The molecule has 0 aromatic heterocycles. The highest BCUT2D eigenvalue weighted by Crippen LogP contribution is 2.28. The van der Waals surface area contributed by atoms with Crippen LogP contribution in [-0.4, -0.2) is 43.7 Å². The quantitative estimate of drug-likeness (QED) is 0.396. The number of benzene rings is 2. The Morgan fingerprint density at radius 3 is 2.21 bits per heavy atom. The van der Waals surface area contributed by atoms with Crippen molar-refractivity contribution in [3.05, 3.63) is 60.2 Å². The molecule has 33 heavy (non-hydrogen) atoms. The van der Waals surface area contributed by atoms with Gasteiger partial charge in [0.1, 0.15) is 5.75 Å². The molecule has 0 bridgehead atoms. The minimum absolute atomic E-state index is 0.0326. The van der Waals surface area contributed by atoms with Crippen LogP contribution in [0.3, 0.4) is 0 Å². The van der Waals surface area contributed by atoms with Gasteiger partial charge in [0.05, 0.1) is 18.6 Å². The van der Waals surface area contributed by atoms with Gasteiger partial charge in [0, 0.05) is 24.3 Å². The largest absolute Gasteiger partial charge is 0.490 e. The van der Waals surface area contributed by atoms with Crippen molar-refractivity contribution in [2.75, 3.05) is 25.0 Å². The third-order valence-electron chi connectivity index (χ3n) is 5.44. The fraction of sp³-hybridized carbons (Fsp3) is 0.400. The van der Waals surface area contributed by atoms with Gasteiger partial charge < -0.3 is 25.4 Å². The Hall–Kier alpha value is -3.55. The Labute approximate surface area is 194 Å². The molecule has 1 saturated carbocycles. The first-order chi connectivity index (χ1) is 16.0. The normalized spacial score (nSPS) is 17.5. The van der Waals surface area contributed by atoms with Gasteiger partial charge in [-0.1, -0.05) is 18.2 Å². The molecule has 0 spiro atoms. The number of urea groups is 1. The van der Waals surface area contributed by atoms with E-state index in [2.05, 4.69) is 16.0 Å². The molecule has 176 valence electrons. The molecule has 0 aliphatic heterocycles. The average Bonchev–Trinajstić information content (AvgIpc) is 2.83. The monoisotopic (exact) mass is 453 g/mol. The van der Waals surface area contributed by atoms with Crippen LogP contribution in [0.5, 0.6) is 5.75 Å². The Morgan fingerprint density at radius 2 is 1.55 bits per heavy atom. The molecule has 0 saturated heterocycles. The highest BCUT2D eigenvalue weighted by Gasteiger charge is 2.28. The van der Waals surface area contributed by atoms with Crippen LogP contribution in [0.15, 0.2) is 54.6 Å². The Morgan fingerprint density at radius 1 is 0.879 bits per heavy atom. The van der Waals surface area contributed by atoms with Crippen LogP contribution in [-0.2, 0) is 9.53 Å². The van der Waals surface area contributed by atoms with Gasteiger partial charge in [0.25, 0.3) is 5.91 Å². The Kier molecular flexibility index (Phi) is 9.11. The molecule has 3 N–H and O–H groups in total. The lowest BCUT2D eigenvalue weighted by Crippen LogP contribution is -2.36. The van der Waals surface area contributed by atoms with Gasteiger partial charge in [-0.2, -0.15) is 0 Å². The van der Waals surface area contributed by atoms with Crippen molar-refractivity contribution in [1.82, 2.24) is 10.6 Å². The average molecular weight is 454 g/mol. The number of anilines is 1. The molecule has 1 fully saturated rings. The fourth-order valence-electron chi connectivity index (χ4n) is 3.70. The number of nitrogens with one attached hydrogen (secondary N) is 3. The highest BCUT2D eigenvalue weighted by atomic mass is 16.5. The van der Waals surface area contributed by atoms with Crippen molar-refractivity contribution < 1.29 is 23.9 Å². The lowest BCUT2D eigenvalue weighted by Gasteiger charge is -2.27. The number of hydrogen-bond acceptors (Lipinski definition) is 5. The van der Waals surface area contributed by atoms with Gasteiger partial charge in [-0.3, -0.25) is 9.59 Å². The molecule has 0 radical (unpaired) electrons. The summed E-state index contributed by atoms with van der Waals surface area (Å²) >= 11 is 0. The predicted molar refractivity (Wildman–Crippen MR) is 125 cm³/mol. The van der Waals surface area contributed by atoms with Crippen LogP contribution in [0, 0.1) is 5.92 Å². The first-order valence-corrected chi connectivity index (χ1v) is 11.4. The number of esters is 1. The lowest BCUT2D eigenvalue weighted by atomic mass is 9.87. The molecule has 0 atom stereocenters.